The molecule has 1 nitrogen and oxygen atoms in total. The minimum Gasteiger partial charge on any atom is -0.256 e. The number of benzene rings is 3. The van der Waals surface area contributed by atoms with E-state index >= 15 is 0 Å². The first-order chi connectivity index (χ1) is 14.8. The number of rotatable bonds is 3. The van der Waals surface area contributed by atoms with Gasteiger partial charge in [0.05, 0.1) is 5.69 Å². The summed E-state index contributed by atoms with van der Waals surface area (Å²) in [5, 5.41) is 0. The summed E-state index contributed by atoms with van der Waals surface area (Å²) in [4.78, 5) is 4.86. The van der Waals surface area contributed by atoms with Crippen molar-refractivity contribution in [2.24, 2.45) is 0 Å². The second-order valence-electron chi connectivity index (χ2n) is 8.44. The molecule has 4 aromatic rings. The Morgan fingerprint density at radius 3 is 1.81 bits per heavy atom. The van der Waals surface area contributed by atoms with Gasteiger partial charge in [-0.3, -0.25) is 4.98 Å². The molecule has 3 aromatic carbocycles. The molecular weight excluding hydrogens is 436 g/mol. The lowest BCUT2D eigenvalue weighted by molar-refractivity contribution is 1.29. The molecule has 0 aliphatic rings. The summed E-state index contributed by atoms with van der Waals surface area (Å²) >= 11 is 3.65. The van der Waals surface area contributed by atoms with Gasteiger partial charge in [-0.15, -0.1) is 16.4 Å². The number of nitrogens with zero attached hydrogens (tertiary/aromatic N) is 1. The van der Waals surface area contributed by atoms with E-state index in [1.165, 1.54) is 55.1 Å². The summed E-state index contributed by atoms with van der Waals surface area (Å²) < 4.78 is 1.11. The average molecular weight is 459 g/mol. The van der Waals surface area contributed by atoms with E-state index in [4.69, 9.17) is 4.98 Å². The van der Waals surface area contributed by atoms with E-state index in [1.54, 1.807) is 0 Å². The fourth-order valence-corrected chi connectivity index (χ4v) is 4.91. The molecule has 146 valence electrons. The number of hydrogen-bond donors (Lipinski definition) is 0. The summed E-state index contributed by atoms with van der Waals surface area (Å²) in [7, 11) is 11.1. The van der Waals surface area contributed by atoms with Gasteiger partial charge in [0.1, 0.15) is 39.2 Å². The Morgan fingerprint density at radius 2 is 1.23 bits per heavy atom. The van der Waals surface area contributed by atoms with Crippen LogP contribution in [0.25, 0.3) is 33.5 Å². The van der Waals surface area contributed by atoms with E-state index in [2.05, 4.69) is 117 Å². The third-order valence-corrected chi connectivity index (χ3v) is 7.44. The van der Waals surface area contributed by atoms with Crippen molar-refractivity contribution in [3.8, 4) is 33.5 Å². The summed E-state index contributed by atoms with van der Waals surface area (Å²) in [6, 6.07) is 19.2. The largest absolute Gasteiger partial charge is 0.256 e. The molecule has 31 heavy (non-hydrogen) atoms. The van der Waals surface area contributed by atoms with Gasteiger partial charge in [0.2, 0.25) is 0 Å². The van der Waals surface area contributed by atoms with Crippen LogP contribution in [0, 0.1) is 6.92 Å². The van der Waals surface area contributed by atoms with Crippen LogP contribution >= 0.6 is 15.9 Å². The predicted molar refractivity (Wildman–Crippen MR) is 154 cm³/mol. The van der Waals surface area contributed by atoms with Gasteiger partial charge >= 0.3 is 0 Å². The van der Waals surface area contributed by atoms with Gasteiger partial charge in [-0.05, 0) is 41.3 Å². The van der Waals surface area contributed by atoms with E-state index in [0.717, 1.165) is 15.7 Å². The Labute approximate surface area is 198 Å². The highest BCUT2D eigenvalue weighted by Crippen LogP contribution is 2.30. The Balaban J connectivity index is 1.73. The van der Waals surface area contributed by atoms with Crippen LogP contribution in [-0.4, -0.2) is 44.2 Å². The van der Waals surface area contributed by atoms with E-state index < -0.39 is 0 Å². The highest BCUT2D eigenvalue weighted by Gasteiger charge is 2.15. The van der Waals surface area contributed by atoms with Gasteiger partial charge in [0.25, 0.3) is 0 Å². The summed E-state index contributed by atoms with van der Waals surface area (Å²) in [6.07, 6.45) is 2.05. The maximum Gasteiger partial charge on any atom is 0.139 e. The lowest BCUT2D eigenvalue weighted by atomic mass is 9.59. The molecule has 0 N–H and O–H groups in total. The zero-order valence-electron chi connectivity index (χ0n) is 19.1. The van der Waals surface area contributed by atoms with Crippen molar-refractivity contribution in [2.45, 2.75) is 6.92 Å². The smallest absolute Gasteiger partial charge is 0.139 e. The molecule has 7 heteroatoms. The highest BCUT2D eigenvalue weighted by molar-refractivity contribution is 9.10. The van der Waals surface area contributed by atoms with Gasteiger partial charge in [0.15, 0.2) is 0 Å². The summed E-state index contributed by atoms with van der Waals surface area (Å²) in [5.74, 6) is 0. The molecule has 0 aliphatic carbocycles. The average Bonchev–Trinajstić information content (AvgIpc) is 2.78. The molecule has 0 aliphatic heterocycles. The molecule has 1 heterocycles. The normalized spacial score (nSPS) is 10.9. The monoisotopic (exact) mass is 459 g/mol. The van der Waals surface area contributed by atoms with Crippen LogP contribution in [0.4, 0.5) is 0 Å². The fraction of sp³-hybridized carbons (Fsp3) is 0.0417. The lowest BCUT2D eigenvalue weighted by Gasteiger charge is -2.21. The first-order valence-electron chi connectivity index (χ1n) is 10.7. The second kappa shape index (κ2) is 8.63. The lowest BCUT2D eigenvalue weighted by Crippen LogP contribution is -2.55. The Morgan fingerprint density at radius 1 is 0.677 bits per heavy atom. The van der Waals surface area contributed by atoms with Crippen molar-refractivity contribution in [2.75, 3.05) is 0 Å². The van der Waals surface area contributed by atoms with Crippen LogP contribution in [0.2, 0.25) is 0 Å². The number of hydrogen-bond acceptors (Lipinski definition) is 1. The third kappa shape index (κ3) is 3.96. The van der Waals surface area contributed by atoms with E-state index in [1.807, 2.05) is 6.07 Å². The zero-order chi connectivity index (χ0) is 22.3. The van der Waals surface area contributed by atoms with Crippen LogP contribution in [0.3, 0.4) is 0 Å². The van der Waals surface area contributed by atoms with Crippen molar-refractivity contribution in [3.63, 3.8) is 0 Å². The minimum absolute atomic E-state index is 1.01. The molecule has 0 saturated carbocycles. The van der Waals surface area contributed by atoms with Crippen molar-refractivity contribution >= 4 is 82.5 Å². The number of aryl methyl sites for hydroxylation is 1. The predicted octanol–water partition coefficient (Wildman–Crippen LogP) is -1.55. The minimum atomic E-state index is 1.01. The van der Waals surface area contributed by atoms with Gasteiger partial charge in [-0.25, -0.2) is 0 Å². The van der Waals surface area contributed by atoms with Crippen molar-refractivity contribution < 1.29 is 0 Å². The van der Waals surface area contributed by atoms with Crippen LogP contribution in [0.15, 0.2) is 65.3 Å². The van der Waals surface area contributed by atoms with Gasteiger partial charge in [-0.2, -0.15) is 0 Å². The SMILES string of the molecule is Bc1c(B)c(B)c(-c2cnc(-c3ccc(-c4ccccc4Br)cc3)cc2C)c(B)c1B. The number of aromatic nitrogens is 1. The Hall–Kier alpha value is -2.39. The molecular formula is C24H23B5BrN. The quantitative estimate of drug-likeness (QED) is 0.338. The standard InChI is InChI=1S/C24H23B5BrN/c1-12-10-18(14-8-6-13(7-9-14)15-4-2-3-5-17(15)30)31-11-16(12)19-20(25)22(27)24(29)23(28)21(19)26/h2-11H,25-29H2,1H3. The van der Waals surface area contributed by atoms with Crippen LogP contribution < -0.4 is 27.3 Å². The molecule has 0 atom stereocenters. The summed E-state index contributed by atoms with van der Waals surface area (Å²) in [6.45, 7) is 2.19. The van der Waals surface area contributed by atoms with Crippen molar-refractivity contribution in [3.05, 3.63) is 70.8 Å². The van der Waals surface area contributed by atoms with E-state index in [-0.39, 0.29) is 0 Å². The molecule has 4 rings (SSSR count). The maximum atomic E-state index is 4.86. The van der Waals surface area contributed by atoms with Crippen molar-refractivity contribution in [1.82, 2.24) is 4.98 Å². The van der Waals surface area contributed by atoms with Crippen LogP contribution in [0.5, 0.6) is 0 Å². The Bertz CT molecular complexity index is 1270. The van der Waals surface area contributed by atoms with E-state index in [0.29, 0.717) is 0 Å². The molecule has 0 saturated heterocycles. The first kappa shape index (κ1) is 21.8. The third-order valence-electron chi connectivity index (χ3n) is 6.75. The van der Waals surface area contributed by atoms with Gasteiger partial charge < -0.3 is 0 Å². The molecule has 0 amide bonds. The maximum absolute atomic E-state index is 4.86. The number of halogens is 1. The van der Waals surface area contributed by atoms with Crippen molar-refractivity contribution in [1.29, 1.82) is 0 Å². The molecule has 0 spiro atoms. The molecule has 1 aromatic heterocycles. The Kier molecular flexibility index (Phi) is 6.08. The van der Waals surface area contributed by atoms with Crippen LogP contribution in [-0.2, 0) is 0 Å². The molecule has 0 radical (unpaired) electrons. The number of pyridine rings is 1. The van der Waals surface area contributed by atoms with Gasteiger partial charge in [0, 0.05) is 21.8 Å². The topological polar surface area (TPSA) is 12.9 Å². The summed E-state index contributed by atoms with van der Waals surface area (Å²) in [5.41, 5.74) is 15.2. The second-order valence-corrected chi connectivity index (χ2v) is 9.30. The molecule has 0 bridgehead atoms. The van der Waals surface area contributed by atoms with E-state index in [9.17, 15) is 0 Å². The zero-order valence-corrected chi connectivity index (χ0v) is 20.7. The van der Waals surface area contributed by atoms with Crippen LogP contribution in [0.1, 0.15) is 5.56 Å². The first-order valence-corrected chi connectivity index (χ1v) is 11.5. The highest BCUT2D eigenvalue weighted by atomic mass is 79.9. The molecule has 0 fully saturated rings. The van der Waals surface area contributed by atoms with Gasteiger partial charge in [-0.1, -0.05) is 69.3 Å². The fourth-order valence-electron chi connectivity index (χ4n) is 4.40. The molecule has 0 unspecified atom stereocenters.